The molecule has 1 aromatic carbocycles. The van der Waals surface area contributed by atoms with Gasteiger partial charge in [-0.25, -0.2) is 4.79 Å². The molecule has 21 heavy (non-hydrogen) atoms. The van der Waals surface area contributed by atoms with E-state index in [-0.39, 0.29) is 22.0 Å². The molecule has 0 atom stereocenters. The molecular formula is C12H7ClN2O6. The minimum absolute atomic E-state index is 0.0425. The molecule has 0 fully saturated rings. The topological polar surface area (TPSA) is 123 Å². The largest absolute Gasteiger partial charge is 0.478 e. The van der Waals surface area contributed by atoms with E-state index in [1.807, 2.05) is 0 Å². The van der Waals surface area contributed by atoms with E-state index in [0.717, 1.165) is 12.1 Å². The summed E-state index contributed by atoms with van der Waals surface area (Å²) in [6.07, 6.45) is 0. The molecule has 1 aromatic heterocycles. The second-order valence-corrected chi connectivity index (χ2v) is 4.28. The number of aromatic carboxylic acids is 1. The molecule has 0 spiro atoms. The molecule has 2 rings (SSSR count). The fraction of sp³-hybridized carbons (Fsp3) is 0. The standard InChI is InChI=1S/C12H7ClN2O6/c13-6-1-2-7(12(17)18)8(5-6)14-11(16)9-3-4-10(21-9)15(19)20/h1-5H,(H,14,16)(H,17,18). The highest BCUT2D eigenvalue weighted by Crippen LogP contribution is 2.23. The van der Waals surface area contributed by atoms with Crippen molar-refractivity contribution in [2.24, 2.45) is 0 Å². The van der Waals surface area contributed by atoms with Crippen molar-refractivity contribution in [3.63, 3.8) is 0 Å². The summed E-state index contributed by atoms with van der Waals surface area (Å²) >= 11 is 5.74. The Hall–Kier alpha value is -2.87. The van der Waals surface area contributed by atoms with Gasteiger partial charge in [-0.3, -0.25) is 14.9 Å². The van der Waals surface area contributed by atoms with Crippen LogP contribution in [0.25, 0.3) is 0 Å². The third-order valence-electron chi connectivity index (χ3n) is 2.46. The van der Waals surface area contributed by atoms with Crippen molar-refractivity contribution in [1.29, 1.82) is 0 Å². The van der Waals surface area contributed by atoms with Crippen molar-refractivity contribution < 1.29 is 24.0 Å². The number of carbonyl (C=O) groups is 2. The van der Waals surface area contributed by atoms with Crippen LogP contribution in [0.5, 0.6) is 0 Å². The number of anilines is 1. The van der Waals surface area contributed by atoms with Crippen LogP contribution in [0.2, 0.25) is 5.02 Å². The number of carboxylic acids is 1. The van der Waals surface area contributed by atoms with Crippen LogP contribution in [0.4, 0.5) is 11.6 Å². The summed E-state index contributed by atoms with van der Waals surface area (Å²) in [6.45, 7) is 0. The maximum atomic E-state index is 11.9. The van der Waals surface area contributed by atoms with Crippen LogP contribution in [-0.2, 0) is 0 Å². The maximum absolute atomic E-state index is 11.9. The van der Waals surface area contributed by atoms with Crippen LogP contribution in [0.3, 0.4) is 0 Å². The Morgan fingerprint density at radius 3 is 2.57 bits per heavy atom. The normalized spacial score (nSPS) is 10.1. The monoisotopic (exact) mass is 310 g/mol. The molecule has 0 aliphatic carbocycles. The molecule has 1 heterocycles. The Kier molecular flexibility index (Phi) is 3.90. The number of hydrogen-bond donors (Lipinski definition) is 2. The third-order valence-corrected chi connectivity index (χ3v) is 2.69. The molecule has 0 unspecified atom stereocenters. The van der Waals surface area contributed by atoms with Crippen LogP contribution in [0, 0.1) is 10.1 Å². The lowest BCUT2D eigenvalue weighted by molar-refractivity contribution is -0.402. The molecule has 108 valence electrons. The van der Waals surface area contributed by atoms with Gasteiger partial charge in [0.15, 0.2) is 5.76 Å². The first kappa shape index (κ1) is 14.5. The molecule has 0 saturated heterocycles. The van der Waals surface area contributed by atoms with E-state index in [0.29, 0.717) is 0 Å². The van der Waals surface area contributed by atoms with E-state index >= 15 is 0 Å². The summed E-state index contributed by atoms with van der Waals surface area (Å²) in [5.74, 6) is -3.00. The van der Waals surface area contributed by atoms with Gasteiger partial charge in [0.05, 0.1) is 17.3 Å². The van der Waals surface area contributed by atoms with E-state index in [4.69, 9.17) is 21.1 Å². The molecule has 2 N–H and O–H groups in total. The van der Waals surface area contributed by atoms with Crippen LogP contribution >= 0.6 is 11.6 Å². The summed E-state index contributed by atoms with van der Waals surface area (Å²) in [7, 11) is 0. The number of carboxylic acid groups (broad SMARTS) is 1. The van der Waals surface area contributed by atoms with Crippen molar-refractivity contribution in [1.82, 2.24) is 0 Å². The number of rotatable bonds is 4. The predicted molar refractivity (Wildman–Crippen MR) is 71.7 cm³/mol. The molecule has 0 radical (unpaired) electrons. The molecular weight excluding hydrogens is 304 g/mol. The SMILES string of the molecule is O=C(Nc1cc(Cl)ccc1C(=O)O)c1ccc([N+](=O)[O-])o1. The quantitative estimate of drug-likeness (QED) is 0.661. The highest BCUT2D eigenvalue weighted by atomic mass is 35.5. The summed E-state index contributed by atoms with van der Waals surface area (Å²) in [5, 5.41) is 22.0. The molecule has 2 aromatic rings. The molecule has 0 saturated carbocycles. The van der Waals surface area contributed by atoms with Gasteiger partial charge >= 0.3 is 11.9 Å². The number of carbonyl (C=O) groups excluding carboxylic acids is 1. The highest BCUT2D eigenvalue weighted by molar-refractivity contribution is 6.31. The number of halogens is 1. The average molecular weight is 311 g/mol. The summed E-state index contributed by atoms with van der Waals surface area (Å²) < 4.78 is 4.72. The fourth-order valence-electron chi connectivity index (χ4n) is 1.54. The van der Waals surface area contributed by atoms with Crippen LogP contribution in [-0.4, -0.2) is 21.9 Å². The predicted octanol–water partition coefficient (Wildman–Crippen LogP) is 2.79. The Balaban J connectivity index is 2.28. The minimum atomic E-state index is -1.26. The van der Waals surface area contributed by atoms with Crippen molar-refractivity contribution >= 4 is 35.0 Å². The van der Waals surface area contributed by atoms with Gasteiger partial charge in [0.25, 0.3) is 5.91 Å². The highest BCUT2D eigenvalue weighted by Gasteiger charge is 2.19. The van der Waals surface area contributed by atoms with E-state index in [1.54, 1.807) is 0 Å². The number of furan rings is 1. The first-order valence-corrected chi connectivity index (χ1v) is 5.84. The van der Waals surface area contributed by atoms with Crippen molar-refractivity contribution in [2.75, 3.05) is 5.32 Å². The van der Waals surface area contributed by atoms with Gasteiger partial charge in [0.1, 0.15) is 4.92 Å². The molecule has 0 aliphatic heterocycles. The summed E-state index contributed by atoms with van der Waals surface area (Å²) in [5.41, 5.74) is -0.215. The zero-order valence-electron chi connectivity index (χ0n) is 10.2. The number of nitrogens with zero attached hydrogens (tertiary/aromatic N) is 1. The lowest BCUT2D eigenvalue weighted by Crippen LogP contribution is -2.14. The first-order chi connectivity index (χ1) is 9.88. The van der Waals surface area contributed by atoms with Gasteiger partial charge in [-0.15, -0.1) is 0 Å². The second kappa shape index (κ2) is 5.63. The molecule has 8 nitrogen and oxygen atoms in total. The Labute approximate surface area is 122 Å². The van der Waals surface area contributed by atoms with Gasteiger partial charge in [-0.05, 0) is 24.3 Å². The van der Waals surface area contributed by atoms with Gasteiger partial charge in [0.2, 0.25) is 0 Å². The summed E-state index contributed by atoms with van der Waals surface area (Å²) in [4.78, 5) is 32.6. The zero-order chi connectivity index (χ0) is 15.6. The fourth-order valence-corrected chi connectivity index (χ4v) is 1.71. The molecule has 0 bridgehead atoms. The molecule has 9 heteroatoms. The van der Waals surface area contributed by atoms with Crippen LogP contribution < -0.4 is 5.32 Å². The van der Waals surface area contributed by atoms with E-state index in [2.05, 4.69) is 5.32 Å². The zero-order valence-corrected chi connectivity index (χ0v) is 11.0. The van der Waals surface area contributed by atoms with Gasteiger partial charge in [-0.1, -0.05) is 11.6 Å². The van der Waals surface area contributed by atoms with E-state index in [1.165, 1.54) is 18.2 Å². The Bertz CT molecular complexity index is 739. The molecule has 1 amide bonds. The number of hydrogen-bond acceptors (Lipinski definition) is 5. The Morgan fingerprint density at radius 1 is 1.29 bits per heavy atom. The third kappa shape index (κ3) is 3.18. The van der Waals surface area contributed by atoms with Crippen molar-refractivity contribution in [2.45, 2.75) is 0 Å². The minimum Gasteiger partial charge on any atom is -0.478 e. The van der Waals surface area contributed by atoms with E-state index < -0.39 is 22.7 Å². The van der Waals surface area contributed by atoms with Gasteiger partial charge < -0.3 is 14.8 Å². The van der Waals surface area contributed by atoms with Gasteiger partial charge in [-0.2, -0.15) is 0 Å². The second-order valence-electron chi connectivity index (χ2n) is 3.84. The Morgan fingerprint density at radius 2 is 2.00 bits per heavy atom. The molecule has 0 aliphatic rings. The number of nitro groups is 1. The van der Waals surface area contributed by atoms with Crippen molar-refractivity contribution in [3.05, 3.63) is 56.8 Å². The smallest absolute Gasteiger partial charge is 0.433 e. The number of benzene rings is 1. The lowest BCUT2D eigenvalue weighted by atomic mass is 10.1. The lowest BCUT2D eigenvalue weighted by Gasteiger charge is -2.07. The maximum Gasteiger partial charge on any atom is 0.433 e. The van der Waals surface area contributed by atoms with Crippen LogP contribution in [0.1, 0.15) is 20.9 Å². The summed E-state index contributed by atoms with van der Waals surface area (Å²) in [6, 6.07) is 5.97. The van der Waals surface area contributed by atoms with Crippen LogP contribution in [0.15, 0.2) is 34.7 Å². The van der Waals surface area contributed by atoms with Gasteiger partial charge in [0, 0.05) is 5.02 Å². The first-order valence-electron chi connectivity index (χ1n) is 5.47. The average Bonchev–Trinajstić information content (AvgIpc) is 2.88. The number of amides is 1. The van der Waals surface area contributed by atoms with Crippen molar-refractivity contribution in [3.8, 4) is 0 Å². The van der Waals surface area contributed by atoms with E-state index in [9.17, 15) is 19.7 Å². The number of nitrogens with one attached hydrogen (secondary N) is 1.